The van der Waals surface area contributed by atoms with Crippen molar-refractivity contribution < 1.29 is 4.74 Å². The highest BCUT2D eigenvalue weighted by molar-refractivity contribution is 9.10. The molecule has 6 heteroatoms. The first kappa shape index (κ1) is 15.7. The maximum Gasteiger partial charge on any atom is 0.119 e. The highest BCUT2D eigenvalue weighted by atomic mass is 79.9. The Morgan fingerprint density at radius 1 is 1.13 bits per heavy atom. The molecule has 3 rings (SSSR count). The number of pyridine rings is 1. The van der Waals surface area contributed by atoms with Crippen molar-refractivity contribution in [3.05, 3.63) is 59.5 Å². The van der Waals surface area contributed by atoms with E-state index in [2.05, 4.69) is 31.3 Å². The highest BCUT2D eigenvalue weighted by Gasteiger charge is 2.10. The summed E-state index contributed by atoms with van der Waals surface area (Å²) in [4.78, 5) is 4.04. The van der Waals surface area contributed by atoms with Crippen LogP contribution in [0.15, 0.2) is 59.5 Å². The monoisotopic (exact) mass is 372 g/mol. The summed E-state index contributed by atoms with van der Waals surface area (Å²) in [5.74, 6) is 0.851. The van der Waals surface area contributed by atoms with Crippen molar-refractivity contribution in [2.24, 2.45) is 0 Å². The zero-order chi connectivity index (χ0) is 16.1. The molecule has 0 atom stereocenters. The predicted octanol–water partition coefficient (Wildman–Crippen LogP) is 3.30. The van der Waals surface area contributed by atoms with Gasteiger partial charge < -0.3 is 10.1 Å². The van der Waals surface area contributed by atoms with E-state index in [0.717, 1.165) is 33.7 Å². The minimum atomic E-state index is 0.648. The van der Waals surface area contributed by atoms with Crippen molar-refractivity contribution in [3.8, 4) is 22.7 Å². The van der Waals surface area contributed by atoms with Gasteiger partial charge in [-0.15, -0.1) is 0 Å². The summed E-state index contributed by atoms with van der Waals surface area (Å²) in [6.07, 6.45) is 5.47. The number of aromatic nitrogens is 3. The van der Waals surface area contributed by atoms with Crippen LogP contribution < -0.4 is 10.1 Å². The number of ether oxygens (including phenoxy) is 1. The summed E-state index contributed by atoms with van der Waals surface area (Å²) in [7, 11) is 1.91. The molecule has 2 aromatic heterocycles. The molecular formula is C17H17BrN4O. The fourth-order valence-corrected chi connectivity index (χ4v) is 2.66. The first-order chi connectivity index (χ1) is 11.3. The van der Waals surface area contributed by atoms with Crippen molar-refractivity contribution in [1.82, 2.24) is 20.1 Å². The van der Waals surface area contributed by atoms with Gasteiger partial charge in [-0.3, -0.25) is 4.98 Å². The van der Waals surface area contributed by atoms with E-state index in [1.54, 1.807) is 12.4 Å². The molecule has 0 bridgehead atoms. The lowest BCUT2D eigenvalue weighted by Gasteiger charge is -2.07. The number of nitrogens with one attached hydrogen (secondary N) is 1. The van der Waals surface area contributed by atoms with E-state index in [1.807, 2.05) is 54.3 Å². The van der Waals surface area contributed by atoms with Gasteiger partial charge in [-0.2, -0.15) is 5.10 Å². The Morgan fingerprint density at radius 2 is 1.87 bits per heavy atom. The van der Waals surface area contributed by atoms with Gasteiger partial charge in [0.2, 0.25) is 0 Å². The van der Waals surface area contributed by atoms with Gasteiger partial charge in [-0.25, -0.2) is 4.68 Å². The van der Waals surface area contributed by atoms with Gasteiger partial charge in [0.05, 0.1) is 10.2 Å². The van der Waals surface area contributed by atoms with E-state index in [9.17, 15) is 0 Å². The topological polar surface area (TPSA) is 52.0 Å². The summed E-state index contributed by atoms with van der Waals surface area (Å²) in [5, 5.41) is 7.70. The van der Waals surface area contributed by atoms with Crippen LogP contribution >= 0.6 is 15.9 Å². The molecule has 0 amide bonds. The standard InChI is InChI=1S/C17H17BrN4O/c1-19-10-11-23-15-4-2-14(3-5-15)22-12-16(18)17(21-22)13-6-8-20-9-7-13/h2-9,12,19H,10-11H2,1H3. The molecule has 0 fully saturated rings. The first-order valence-corrected chi connectivity index (χ1v) is 8.10. The normalized spacial score (nSPS) is 10.7. The molecule has 118 valence electrons. The number of benzene rings is 1. The summed E-state index contributed by atoms with van der Waals surface area (Å²) >= 11 is 3.57. The van der Waals surface area contributed by atoms with Crippen LogP contribution in [0.25, 0.3) is 16.9 Å². The van der Waals surface area contributed by atoms with E-state index in [0.29, 0.717) is 6.61 Å². The maximum atomic E-state index is 5.63. The van der Waals surface area contributed by atoms with Gasteiger partial charge in [-0.05, 0) is 59.4 Å². The van der Waals surface area contributed by atoms with Gasteiger partial charge in [0.15, 0.2) is 0 Å². The second kappa shape index (κ2) is 7.39. The third-order valence-electron chi connectivity index (χ3n) is 3.35. The van der Waals surface area contributed by atoms with Crippen molar-refractivity contribution in [3.63, 3.8) is 0 Å². The van der Waals surface area contributed by atoms with E-state index in [-0.39, 0.29) is 0 Å². The summed E-state index contributed by atoms with van der Waals surface area (Å²) in [6, 6.07) is 11.8. The number of hydrogen-bond donors (Lipinski definition) is 1. The van der Waals surface area contributed by atoms with Gasteiger partial charge >= 0.3 is 0 Å². The van der Waals surface area contributed by atoms with Gasteiger partial charge in [-0.1, -0.05) is 0 Å². The molecule has 2 heterocycles. The number of likely N-dealkylation sites (N-methyl/N-ethyl adjacent to an activating group) is 1. The van der Waals surface area contributed by atoms with E-state index in [1.165, 1.54) is 0 Å². The van der Waals surface area contributed by atoms with Crippen LogP contribution in [0.5, 0.6) is 5.75 Å². The summed E-state index contributed by atoms with van der Waals surface area (Å²) in [5.41, 5.74) is 2.89. The average molecular weight is 373 g/mol. The Kier molecular flexibility index (Phi) is 5.05. The van der Waals surface area contributed by atoms with E-state index >= 15 is 0 Å². The lowest BCUT2D eigenvalue weighted by Crippen LogP contribution is -2.15. The molecule has 3 aromatic rings. The van der Waals surface area contributed by atoms with Gasteiger partial charge in [0.1, 0.15) is 18.1 Å². The summed E-state index contributed by atoms with van der Waals surface area (Å²) < 4.78 is 8.41. The van der Waals surface area contributed by atoms with Crippen molar-refractivity contribution in [2.75, 3.05) is 20.2 Å². The number of halogens is 1. The van der Waals surface area contributed by atoms with Gasteiger partial charge in [0, 0.05) is 30.7 Å². The number of rotatable bonds is 6. The predicted molar refractivity (Wildman–Crippen MR) is 93.9 cm³/mol. The minimum absolute atomic E-state index is 0.648. The molecule has 23 heavy (non-hydrogen) atoms. The zero-order valence-electron chi connectivity index (χ0n) is 12.7. The number of hydrogen-bond acceptors (Lipinski definition) is 4. The zero-order valence-corrected chi connectivity index (χ0v) is 14.3. The summed E-state index contributed by atoms with van der Waals surface area (Å²) in [6.45, 7) is 1.47. The Labute approximate surface area is 143 Å². The lowest BCUT2D eigenvalue weighted by molar-refractivity contribution is 0.318. The Bertz CT molecular complexity index is 756. The van der Waals surface area contributed by atoms with Crippen LogP contribution in [-0.2, 0) is 0 Å². The SMILES string of the molecule is CNCCOc1ccc(-n2cc(Br)c(-c3ccncc3)n2)cc1. The molecule has 0 saturated heterocycles. The molecule has 0 radical (unpaired) electrons. The van der Waals surface area contributed by atoms with Gasteiger partial charge in [0.25, 0.3) is 0 Å². The molecule has 0 aliphatic heterocycles. The molecule has 0 aliphatic carbocycles. The van der Waals surface area contributed by atoms with Crippen LogP contribution in [0.3, 0.4) is 0 Å². The first-order valence-electron chi connectivity index (χ1n) is 7.31. The molecule has 0 aliphatic rings. The Hall–Kier alpha value is -2.18. The highest BCUT2D eigenvalue weighted by Crippen LogP contribution is 2.27. The second-order valence-electron chi connectivity index (χ2n) is 4.95. The minimum Gasteiger partial charge on any atom is -0.492 e. The maximum absolute atomic E-state index is 5.63. The molecule has 1 N–H and O–H groups in total. The van der Waals surface area contributed by atoms with Crippen LogP contribution in [0.2, 0.25) is 0 Å². The number of nitrogens with zero attached hydrogens (tertiary/aromatic N) is 3. The van der Waals surface area contributed by atoms with Crippen LogP contribution in [-0.4, -0.2) is 35.0 Å². The molecule has 0 unspecified atom stereocenters. The largest absolute Gasteiger partial charge is 0.492 e. The van der Waals surface area contributed by atoms with Crippen molar-refractivity contribution in [2.45, 2.75) is 0 Å². The average Bonchev–Trinajstić information content (AvgIpc) is 2.98. The third kappa shape index (κ3) is 3.78. The fourth-order valence-electron chi connectivity index (χ4n) is 2.16. The Morgan fingerprint density at radius 3 is 2.57 bits per heavy atom. The Balaban J connectivity index is 1.80. The molecule has 1 aromatic carbocycles. The molecule has 0 saturated carbocycles. The van der Waals surface area contributed by atoms with Crippen LogP contribution in [0.4, 0.5) is 0 Å². The van der Waals surface area contributed by atoms with Crippen LogP contribution in [0, 0.1) is 0 Å². The molecular weight excluding hydrogens is 356 g/mol. The fraction of sp³-hybridized carbons (Fsp3) is 0.176. The lowest BCUT2D eigenvalue weighted by atomic mass is 10.2. The smallest absolute Gasteiger partial charge is 0.119 e. The molecule has 5 nitrogen and oxygen atoms in total. The van der Waals surface area contributed by atoms with Crippen molar-refractivity contribution in [1.29, 1.82) is 0 Å². The molecule has 0 spiro atoms. The van der Waals surface area contributed by atoms with E-state index in [4.69, 9.17) is 4.74 Å². The second-order valence-corrected chi connectivity index (χ2v) is 5.81. The third-order valence-corrected chi connectivity index (χ3v) is 3.93. The van der Waals surface area contributed by atoms with E-state index < -0.39 is 0 Å². The quantitative estimate of drug-likeness (QED) is 0.674. The van der Waals surface area contributed by atoms with Crippen LogP contribution in [0.1, 0.15) is 0 Å². The van der Waals surface area contributed by atoms with Crippen molar-refractivity contribution >= 4 is 15.9 Å².